The van der Waals surface area contributed by atoms with Crippen LogP contribution in [0.15, 0.2) is 0 Å². The molecule has 90 valence electrons. The summed E-state index contributed by atoms with van der Waals surface area (Å²) in [7, 11) is 0. The first-order valence-corrected chi connectivity index (χ1v) is 5.14. The molecule has 0 aliphatic rings. The van der Waals surface area contributed by atoms with E-state index < -0.39 is 17.6 Å². The van der Waals surface area contributed by atoms with Crippen molar-refractivity contribution >= 4 is 5.91 Å². The Morgan fingerprint density at radius 2 is 1.80 bits per heavy atom. The maximum absolute atomic E-state index is 11.6. The Labute approximate surface area is 90.1 Å². The van der Waals surface area contributed by atoms with E-state index >= 15 is 0 Å². The molecule has 0 heterocycles. The van der Waals surface area contributed by atoms with Crippen molar-refractivity contribution in [2.75, 3.05) is 13.2 Å². The van der Waals surface area contributed by atoms with Gasteiger partial charge >= 0.3 is 0 Å². The Morgan fingerprint density at radius 3 is 2.07 bits per heavy atom. The lowest BCUT2D eigenvalue weighted by Crippen LogP contribution is -2.55. The third kappa shape index (κ3) is 3.77. The van der Waals surface area contributed by atoms with Crippen LogP contribution < -0.4 is 5.32 Å². The highest BCUT2D eigenvalue weighted by Gasteiger charge is 2.31. The number of hydrogen-bond donors (Lipinski definition) is 4. The van der Waals surface area contributed by atoms with E-state index in [1.165, 1.54) is 6.92 Å². The molecule has 0 aliphatic heterocycles. The predicted molar refractivity (Wildman–Crippen MR) is 56.2 cm³/mol. The topological polar surface area (TPSA) is 89.8 Å². The monoisotopic (exact) mass is 219 g/mol. The van der Waals surface area contributed by atoms with Gasteiger partial charge in [-0.05, 0) is 13.3 Å². The van der Waals surface area contributed by atoms with E-state index in [2.05, 4.69) is 5.32 Å². The molecule has 0 fully saturated rings. The number of carbonyl (C=O) groups is 1. The predicted octanol–water partition coefficient (Wildman–Crippen LogP) is -0.747. The Hall–Kier alpha value is -0.650. The molecule has 1 amide bonds. The van der Waals surface area contributed by atoms with Gasteiger partial charge in [0.05, 0.1) is 30.8 Å². The molecule has 0 aliphatic carbocycles. The molecule has 0 bridgehead atoms. The van der Waals surface area contributed by atoms with Gasteiger partial charge in [-0.3, -0.25) is 4.79 Å². The molecule has 0 aromatic carbocycles. The number of aliphatic hydroxyl groups is 3. The molecule has 5 nitrogen and oxygen atoms in total. The second kappa shape index (κ2) is 6.05. The summed E-state index contributed by atoms with van der Waals surface area (Å²) in [6, 6.07) is 0. The summed E-state index contributed by atoms with van der Waals surface area (Å²) in [6.45, 7) is 4.24. The molecular weight excluding hydrogens is 198 g/mol. The Kier molecular flexibility index (Phi) is 5.79. The summed E-state index contributed by atoms with van der Waals surface area (Å²) in [6.07, 6.45) is -0.324. The minimum Gasteiger partial charge on any atom is -0.394 e. The van der Waals surface area contributed by atoms with Crippen LogP contribution in [0.25, 0.3) is 0 Å². The lowest BCUT2D eigenvalue weighted by molar-refractivity contribution is -0.130. The number of aliphatic hydroxyl groups excluding tert-OH is 3. The Bertz CT molecular complexity index is 193. The normalized spacial score (nSPS) is 15.9. The van der Waals surface area contributed by atoms with Crippen molar-refractivity contribution in [3.63, 3.8) is 0 Å². The van der Waals surface area contributed by atoms with Crippen molar-refractivity contribution < 1.29 is 20.1 Å². The standard InChI is InChI=1S/C10H21NO4/c1-4-10(5-12,6-13)11-9(15)7(2)8(3)14/h7-8,12-14H,4-6H2,1-3H3,(H,11,15). The fraction of sp³-hybridized carbons (Fsp3) is 0.900. The van der Waals surface area contributed by atoms with E-state index in [9.17, 15) is 9.90 Å². The van der Waals surface area contributed by atoms with E-state index in [1.54, 1.807) is 13.8 Å². The van der Waals surface area contributed by atoms with Crippen LogP contribution in [0.1, 0.15) is 27.2 Å². The summed E-state index contributed by atoms with van der Waals surface area (Å²) in [5.41, 5.74) is -0.986. The van der Waals surface area contributed by atoms with Crippen molar-refractivity contribution in [1.29, 1.82) is 0 Å². The highest BCUT2D eigenvalue weighted by atomic mass is 16.3. The summed E-state index contributed by atoms with van der Waals surface area (Å²) in [5.74, 6) is -0.927. The van der Waals surface area contributed by atoms with Crippen LogP contribution in [-0.2, 0) is 4.79 Å². The first kappa shape index (κ1) is 14.3. The lowest BCUT2D eigenvalue weighted by atomic mass is 9.96. The quantitative estimate of drug-likeness (QED) is 0.473. The number of hydrogen-bond acceptors (Lipinski definition) is 4. The maximum Gasteiger partial charge on any atom is 0.226 e. The van der Waals surface area contributed by atoms with Crippen LogP contribution in [0.3, 0.4) is 0 Å². The van der Waals surface area contributed by atoms with Crippen LogP contribution in [0.5, 0.6) is 0 Å². The van der Waals surface area contributed by atoms with Gasteiger partial charge in [0, 0.05) is 0 Å². The fourth-order valence-corrected chi connectivity index (χ4v) is 1.04. The molecule has 5 heteroatoms. The van der Waals surface area contributed by atoms with Crippen LogP contribution in [-0.4, -0.2) is 46.1 Å². The molecule has 2 unspecified atom stereocenters. The van der Waals surface area contributed by atoms with Crippen molar-refractivity contribution in [1.82, 2.24) is 5.32 Å². The smallest absolute Gasteiger partial charge is 0.226 e. The van der Waals surface area contributed by atoms with Gasteiger partial charge < -0.3 is 20.6 Å². The summed E-state index contributed by atoms with van der Waals surface area (Å²) < 4.78 is 0. The zero-order chi connectivity index (χ0) is 12.1. The second-order valence-corrected chi connectivity index (χ2v) is 3.97. The van der Waals surface area contributed by atoms with Gasteiger partial charge in [0.25, 0.3) is 0 Å². The SMILES string of the molecule is CCC(CO)(CO)NC(=O)C(C)C(C)O. The van der Waals surface area contributed by atoms with Crippen molar-refractivity contribution in [2.24, 2.45) is 5.92 Å². The molecule has 0 saturated carbocycles. The first-order chi connectivity index (χ1) is 6.92. The molecule has 15 heavy (non-hydrogen) atoms. The second-order valence-electron chi connectivity index (χ2n) is 3.97. The maximum atomic E-state index is 11.6. The minimum absolute atomic E-state index is 0.321. The van der Waals surface area contributed by atoms with Crippen LogP contribution in [0.4, 0.5) is 0 Å². The van der Waals surface area contributed by atoms with Gasteiger partial charge in [-0.2, -0.15) is 0 Å². The van der Waals surface area contributed by atoms with Gasteiger partial charge in [-0.25, -0.2) is 0 Å². The molecular formula is C10H21NO4. The first-order valence-electron chi connectivity index (χ1n) is 5.14. The molecule has 0 aromatic heterocycles. The van der Waals surface area contributed by atoms with E-state index in [1.807, 2.05) is 0 Å². The largest absolute Gasteiger partial charge is 0.394 e. The summed E-state index contributed by atoms with van der Waals surface area (Å²) in [4.78, 5) is 11.6. The molecule has 0 spiro atoms. The van der Waals surface area contributed by atoms with E-state index in [0.29, 0.717) is 6.42 Å². The molecule has 0 rings (SSSR count). The Morgan fingerprint density at radius 1 is 1.33 bits per heavy atom. The van der Waals surface area contributed by atoms with Crippen LogP contribution >= 0.6 is 0 Å². The number of rotatable bonds is 6. The third-order valence-electron chi connectivity index (χ3n) is 2.81. The van der Waals surface area contributed by atoms with Gasteiger partial charge in [-0.1, -0.05) is 13.8 Å². The van der Waals surface area contributed by atoms with Crippen LogP contribution in [0.2, 0.25) is 0 Å². The van der Waals surface area contributed by atoms with Crippen molar-refractivity contribution in [2.45, 2.75) is 38.8 Å². The van der Waals surface area contributed by atoms with Gasteiger partial charge in [-0.15, -0.1) is 0 Å². The molecule has 2 atom stereocenters. The molecule has 4 N–H and O–H groups in total. The van der Waals surface area contributed by atoms with Gasteiger partial charge in [0.15, 0.2) is 0 Å². The molecule has 0 aromatic rings. The summed E-state index contributed by atoms with van der Waals surface area (Å²) >= 11 is 0. The van der Waals surface area contributed by atoms with E-state index in [0.717, 1.165) is 0 Å². The minimum atomic E-state index is -0.986. The third-order valence-corrected chi connectivity index (χ3v) is 2.81. The molecule has 0 radical (unpaired) electrons. The number of nitrogens with one attached hydrogen (secondary N) is 1. The van der Waals surface area contributed by atoms with Gasteiger partial charge in [0.1, 0.15) is 0 Å². The highest BCUT2D eigenvalue weighted by molar-refractivity contribution is 5.79. The van der Waals surface area contributed by atoms with E-state index in [-0.39, 0.29) is 19.1 Å². The average Bonchev–Trinajstić information content (AvgIpc) is 2.24. The molecule has 0 saturated heterocycles. The van der Waals surface area contributed by atoms with E-state index in [4.69, 9.17) is 10.2 Å². The Balaban J connectivity index is 4.48. The van der Waals surface area contributed by atoms with Crippen molar-refractivity contribution in [3.05, 3.63) is 0 Å². The summed E-state index contributed by atoms with van der Waals surface area (Å²) in [5, 5.41) is 30.0. The van der Waals surface area contributed by atoms with Crippen molar-refractivity contribution in [3.8, 4) is 0 Å². The average molecular weight is 219 g/mol. The van der Waals surface area contributed by atoms with Gasteiger partial charge in [0.2, 0.25) is 5.91 Å². The fourth-order valence-electron chi connectivity index (χ4n) is 1.04. The zero-order valence-corrected chi connectivity index (χ0v) is 9.53. The number of carbonyl (C=O) groups excluding carboxylic acids is 1. The van der Waals surface area contributed by atoms with Crippen LogP contribution in [0, 0.1) is 5.92 Å². The highest BCUT2D eigenvalue weighted by Crippen LogP contribution is 2.11. The zero-order valence-electron chi connectivity index (χ0n) is 9.53. The lowest BCUT2D eigenvalue weighted by Gasteiger charge is -2.31. The number of amides is 1.